The van der Waals surface area contributed by atoms with Gasteiger partial charge >= 0.3 is 0 Å². The van der Waals surface area contributed by atoms with Crippen molar-refractivity contribution in [2.24, 2.45) is 0 Å². The Labute approximate surface area is 96.6 Å². The summed E-state index contributed by atoms with van der Waals surface area (Å²) in [6.45, 7) is 0.148. The van der Waals surface area contributed by atoms with Crippen LogP contribution in [-0.2, 0) is 0 Å². The zero-order valence-corrected chi connectivity index (χ0v) is 9.62. The van der Waals surface area contributed by atoms with Crippen molar-refractivity contribution in [3.05, 3.63) is 16.1 Å². The third-order valence-corrected chi connectivity index (χ3v) is 3.04. The molecule has 90 valence electrons. The van der Waals surface area contributed by atoms with Gasteiger partial charge in [0.25, 0.3) is 5.91 Å². The number of aliphatic hydroxyl groups excluding tert-OH is 3. The first-order chi connectivity index (χ1) is 7.56. The Balaban J connectivity index is 2.76. The first kappa shape index (κ1) is 13.0. The Kier molecular flexibility index (Phi) is 4.36. The summed E-state index contributed by atoms with van der Waals surface area (Å²) in [5.74, 6) is -0.470. The topological polar surface area (TPSA) is 103 Å². The number of nitrogens with one attached hydrogen (secondary N) is 1. The Morgan fingerprint density at radius 1 is 1.44 bits per heavy atom. The lowest BCUT2D eigenvalue weighted by atomic mass is 10.0. The molecule has 1 amide bonds. The lowest BCUT2D eigenvalue weighted by Crippen LogP contribution is -2.56. The molecule has 4 N–H and O–H groups in total. The quantitative estimate of drug-likeness (QED) is 0.528. The van der Waals surface area contributed by atoms with Crippen molar-refractivity contribution in [2.75, 3.05) is 19.8 Å². The molecule has 0 saturated heterocycles. The summed E-state index contributed by atoms with van der Waals surface area (Å²) in [5, 5.41) is 30.2. The van der Waals surface area contributed by atoms with Gasteiger partial charge in [-0.25, -0.2) is 4.98 Å². The van der Waals surface area contributed by atoms with E-state index in [1.165, 1.54) is 17.5 Å². The fraction of sp³-hybridized carbons (Fsp3) is 0.556. The van der Waals surface area contributed by atoms with Crippen LogP contribution in [0.2, 0.25) is 0 Å². The zero-order valence-electron chi connectivity index (χ0n) is 8.80. The molecule has 0 spiro atoms. The number of carbonyl (C=O) groups excluding carboxylic acids is 1. The van der Waals surface area contributed by atoms with E-state index in [9.17, 15) is 4.79 Å². The molecule has 0 aromatic carbocycles. The van der Waals surface area contributed by atoms with Crippen molar-refractivity contribution in [3.63, 3.8) is 0 Å². The molecule has 16 heavy (non-hydrogen) atoms. The number of aromatic nitrogens is 1. The number of aryl methyl sites for hydroxylation is 1. The number of hydrogen-bond acceptors (Lipinski definition) is 6. The van der Waals surface area contributed by atoms with E-state index in [2.05, 4.69) is 10.3 Å². The van der Waals surface area contributed by atoms with Gasteiger partial charge in [0.15, 0.2) is 0 Å². The van der Waals surface area contributed by atoms with Crippen molar-refractivity contribution in [3.8, 4) is 0 Å². The summed E-state index contributed by atoms with van der Waals surface area (Å²) >= 11 is 1.20. The molecular weight excluding hydrogens is 232 g/mol. The molecule has 0 aliphatic rings. The number of thiazole rings is 1. The monoisotopic (exact) mass is 246 g/mol. The van der Waals surface area contributed by atoms with Crippen molar-refractivity contribution in [1.29, 1.82) is 0 Å². The normalized spacial score (nSPS) is 11.5. The number of nitrogens with zero attached hydrogens (tertiary/aromatic N) is 1. The van der Waals surface area contributed by atoms with Gasteiger partial charge in [-0.2, -0.15) is 0 Å². The number of aliphatic hydroxyl groups is 3. The van der Waals surface area contributed by atoms with Crippen LogP contribution in [0.1, 0.15) is 14.7 Å². The highest BCUT2D eigenvalue weighted by atomic mass is 32.1. The molecule has 0 aliphatic carbocycles. The summed E-state index contributed by atoms with van der Waals surface area (Å²) in [5.41, 5.74) is -1.39. The van der Waals surface area contributed by atoms with Crippen LogP contribution in [-0.4, -0.2) is 51.6 Å². The highest BCUT2D eigenvalue weighted by Crippen LogP contribution is 2.13. The van der Waals surface area contributed by atoms with E-state index in [1.54, 1.807) is 6.92 Å². The van der Waals surface area contributed by atoms with Crippen LogP contribution in [0.25, 0.3) is 0 Å². The summed E-state index contributed by atoms with van der Waals surface area (Å²) in [6, 6.07) is 0. The Morgan fingerprint density at radius 2 is 2.00 bits per heavy atom. The average Bonchev–Trinajstić information content (AvgIpc) is 2.73. The van der Waals surface area contributed by atoms with E-state index >= 15 is 0 Å². The molecule has 6 nitrogen and oxygen atoms in total. The molecular formula is C9H14N2O4S. The van der Waals surface area contributed by atoms with Crippen LogP contribution in [0.3, 0.4) is 0 Å². The Bertz CT molecular complexity index is 354. The van der Waals surface area contributed by atoms with Crippen LogP contribution in [0.4, 0.5) is 0 Å². The van der Waals surface area contributed by atoms with Gasteiger partial charge in [-0.3, -0.25) is 4.79 Å². The molecule has 7 heteroatoms. The lowest BCUT2D eigenvalue weighted by molar-refractivity contribution is 0.0377. The number of rotatable bonds is 5. The fourth-order valence-corrected chi connectivity index (χ4v) is 1.71. The predicted molar refractivity (Wildman–Crippen MR) is 58.3 cm³/mol. The highest BCUT2D eigenvalue weighted by molar-refractivity contribution is 7.13. The molecule has 1 aromatic rings. The van der Waals surface area contributed by atoms with Crippen LogP contribution < -0.4 is 5.32 Å². The minimum atomic E-state index is -1.39. The SMILES string of the molecule is Cc1ncc(C(=O)NC(CO)(CO)CO)s1. The van der Waals surface area contributed by atoms with Crippen molar-refractivity contribution in [2.45, 2.75) is 12.5 Å². The van der Waals surface area contributed by atoms with E-state index in [1.807, 2.05) is 0 Å². The van der Waals surface area contributed by atoms with Gasteiger partial charge in [0.05, 0.1) is 31.0 Å². The summed E-state index contributed by atoms with van der Waals surface area (Å²) in [7, 11) is 0. The minimum absolute atomic E-state index is 0.372. The lowest BCUT2D eigenvalue weighted by Gasteiger charge is -2.28. The molecule has 0 bridgehead atoms. The number of hydrogen-bond donors (Lipinski definition) is 4. The molecule has 0 aliphatic heterocycles. The standard InChI is InChI=1S/C9H14N2O4S/c1-6-10-2-7(16-6)8(15)11-9(3-12,4-13)5-14/h2,12-14H,3-5H2,1H3,(H,11,15). The maximum Gasteiger partial charge on any atom is 0.263 e. The molecule has 0 unspecified atom stereocenters. The van der Waals surface area contributed by atoms with Gasteiger partial charge in [0.2, 0.25) is 0 Å². The molecule has 0 fully saturated rings. The second-order valence-corrected chi connectivity index (χ2v) is 4.69. The first-order valence-electron chi connectivity index (χ1n) is 4.64. The minimum Gasteiger partial charge on any atom is -0.394 e. The van der Waals surface area contributed by atoms with Crippen molar-refractivity contribution < 1.29 is 20.1 Å². The second-order valence-electron chi connectivity index (χ2n) is 3.45. The maximum atomic E-state index is 11.7. The summed E-state index contributed by atoms with van der Waals surface area (Å²) in [4.78, 5) is 16.0. The number of carbonyl (C=O) groups is 1. The molecule has 1 aromatic heterocycles. The van der Waals surface area contributed by atoms with Crippen molar-refractivity contribution >= 4 is 17.2 Å². The average molecular weight is 246 g/mol. The van der Waals surface area contributed by atoms with E-state index in [-0.39, 0.29) is 0 Å². The van der Waals surface area contributed by atoms with Gasteiger partial charge < -0.3 is 20.6 Å². The predicted octanol–water partition coefficient (Wildman–Crippen LogP) is -1.10. The first-order valence-corrected chi connectivity index (χ1v) is 5.46. The smallest absolute Gasteiger partial charge is 0.263 e. The van der Waals surface area contributed by atoms with E-state index in [0.29, 0.717) is 4.88 Å². The van der Waals surface area contributed by atoms with Gasteiger partial charge in [0, 0.05) is 0 Å². The van der Waals surface area contributed by atoms with Gasteiger partial charge in [0.1, 0.15) is 10.4 Å². The van der Waals surface area contributed by atoms with Gasteiger partial charge in [-0.05, 0) is 6.92 Å². The van der Waals surface area contributed by atoms with Crippen molar-refractivity contribution in [1.82, 2.24) is 10.3 Å². The second kappa shape index (κ2) is 5.35. The molecule has 1 rings (SSSR count). The van der Waals surface area contributed by atoms with Crippen LogP contribution in [0, 0.1) is 6.92 Å². The molecule has 0 saturated carbocycles. The molecule has 1 heterocycles. The van der Waals surface area contributed by atoms with E-state index in [4.69, 9.17) is 15.3 Å². The fourth-order valence-electron chi connectivity index (χ4n) is 1.04. The maximum absolute atomic E-state index is 11.7. The highest BCUT2D eigenvalue weighted by Gasteiger charge is 2.30. The Hall–Kier alpha value is -1.02. The summed E-state index contributed by atoms with van der Waals surface area (Å²) < 4.78 is 0. The zero-order chi connectivity index (χ0) is 12.2. The van der Waals surface area contributed by atoms with E-state index in [0.717, 1.165) is 5.01 Å². The number of amides is 1. The van der Waals surface area contributed by atoms with Crippen LogP contribution in [0.5, 0.6) is 0 Å². The van der Waals surface area contributed by atoms with Gasteiger partial charge in [-0.15, -0.1) is 11.3 Å². The van der Waals surface area contributed by atoms with Crippen LogP contribution in [0.15, 0.2) is 6.20 Å². The third kappa shape index (κ3) is 2.76. The molecule has 0 atom stereocenters. The summed E-state index contributed by atoms with van der Waals surface area (Å²) in [6.07, 6.45) is 1.41. The van der Waals surface area contributed by atoms with E-state index < -0.39 is 31.3 Å². The third-order valence-electron chi connectivity index (χ3n) is 2.13. The largest absolute Gasteiger partial charge is 0.394 e. The van der Waals surface area contributed by atoms with Gasteiger partial charge in [-0.1, -0.05) is 0 Å². The molecule has 0 radical (unpaired) electrons. The van der Waals surface area contributed by atoms with Crippen LogP contribution >= 0.6 is 11.3 Å². The Morgan fingerprint density at radius 3 is 2.38 bits per heavy atom.